The summed E-state index contributed by atoms with van der Waals surface area (Å²) in [5, 5.41) is 0.743. The van der Waals surface area contributed by atoms with Crippen LogP contribution in [0.1, 0.15) is 6.92 Å². The van der Waals surface area contributed by atoms with Gasteiger partial charge >= 0.3 is 0 Å². The number of hydrogen-bond acceptors (Lipinski definition) is 3. The van der Waals surface area contributed by atoms with Gasteiger partial charge in [-0.3, -0.25) is 4.31 Å². The van der Waals surface area contributed by atoms with Crippen molar-refractivity contribution in [3.8, 4) is 5.75 Å². The van der Waals surface area contributed by atoms with E-state index >= 15 is 0 Å². The lowest BCUT2D eigenvalue weighted by Gasteiger charge is -2.20. The summed E-state index contributed by atoms with van der Waals surface area (Å²) in [5.41, 5.74) is 0.395. The van der Waals surface area contributed by atoms with Crippen LogP contribution in [0.4, 0.5) is 5.69 Å². The number of sulfonamides is 1. The van der Waals surface area contributed by atoms with Gasteiger partial charge in [0.05, 0.1) is 17.2 Å². The van der Waals surface area contributed by atoms with E-state index in [1.165, 1.54) is 19.2 Å². The maximum atomic E-state index is 12.6. The molecule has 0 bridgehead atoms. The first-order valence-electron chi connectivity index (χ1n) is 6.52. The van der Waals surface area contributed by atoms with E-state index in [1.807, 2.05) is 6.92 Å². The van der Waals surface area contributed by atoms with E-state index in [0.717, 1.165) is 4.31 Å². The summed E-state index contributed by atoms with van der Waals surface area (Å²) in [4.78, 5) is 0.162. The highest BCUT2D eigenvalue weighted by Gasteiger charge is 2.21. The smallest absolute Gasteiger partial charge is 0.264 e. The zero-order chi connectivity index (χ0) is 16.3. The SMILES string of the molecule is CCOc1ccc(S(=O)(=O)N(C)c2cc(Cl)cc(Cl)c2)cc1. The van der Waals surface area contributed by atoms with Gasteiger partial charge in [0.15, 0.2) is 0 Å². The Bertz CT molecular complexity index is 741. The molecular weight excluding hydrogens is 345 g/mol. The molecule has 0 amide bonds. The number of halogens is 2. The number of hydrogen-bond donors (Lipinski definition) is 0. The molecule has 2 aromatic rings. The fourth-order valence-electron chi connectivity index (χ4n) is 1.89. The van der Waals surface area contributed by atoms with Crippen molar-refractivity contribution in [1.82, 2.24) is 0 Å². The Morgan fingerprint density at radius 2 is 1.59 bits per heavy atom. The molecule has 0 saturated carbocycles. The summed E-state index contributed by atoms with van der Waals surface area (Å²) in [6.45, 7) is 2.38. The van der Waals surface area contributed by atoms with E-state index in [2.05, 4.69) is 0 Å². The largest absolute Gasteiger partial charge is 0.494 e. The maximum Gasteiger partial charge on any atom is 0.264 e. The van der Waals surface area contributed by atoms with Crippen molar-refractivity contribution in [3.63, 3.8) is 0 Å². The Hall–Kier alpha value is -1.43. The minimum absolute atomic E-state index is 0.162. The monoisotopic (exact) mass is 359 g/mol. The molecule has 118 valence electrons. The Morgan fingerprint density at radius 3 is 2.09 bits per heavy atom. The quantitative estimate of drug-likeness (QED) is 0.802. The van der Waals surface area contributed by atoms with E-state index in [0.29, 0.717) is 28.1 Å². The van der Waals surface area contributed by atoms with Gasteiger partial charge in [0.25, 0.3) is 10.0 Å². The standard InChI is InChI=1S/C15H15Cl2NO3S/c1-3-21-14-4-6-15(7-5-14)22(19,20)18(2)13-9-11(16)8-12(17)10-13/h4-10H,3H2,1-2H3. The molecule has 22 heavy (non-hydrogen) atoms. The highest BCUT2D eigenvalue weighted by Crippen LogP contribution is 2.29. The second-order valence-corrected chi connectivity index (χ2v) is 7.35. The predicted octanol–water partition coefficient (Wildman–Crippen LogP) is 4.22. The molecular formula is C15H15Cl2NO3S. The Morgan fingerprint density at radius 1 is 1.05 bits per heavy atom. The molecule has 0 atom stereocenters. The Kier molecular flexibility index (Phi) is 5.21. The second kappa shape index (κ2) is 6.77. The Balaban J connectivity index is 2.36. The van der Waals surface area contributed by atoms with Gasteiger partial charge in [-0.1, -0.05) is 23.2 Å². The van der Waals surface area contributed by atoms with Crippen LogP contribution in [0.15, 0.2) is 47.4 Å². The fraction of sp³-hybridized carbons (Fsp3) is 0.200. The van der Waals surface area contributed by atoms with Crippen LogP contribution in [0.5, 0.6) is 5.75 Å². The maximum absolute atomic E-state index is 12.6. The summed E-state index contributed by atoms with van der Waals surface area (Å²) in [5.74, 6) is 0.620. The third-order valence-corrected chi connectivity index (χ3v) is 5.24. The summed E-state index contributed by atoms with van der Waals surface area (Å²) >= 11 is 11.8. The molecule has 4 nitrogen and oxygen atoms in total. The first kappa shape index (κ1) is 16.9. The van der Waals surface area contributed by atoms with Crippen LogP contribution in [0, 0.1) is 0 Å². The average Bonchev–Trinajstić information content (AvgIpc) is 2.46. The molecule has 0 N–H and O–H groups in total. The molecule has 0 aromatic heterocycles. The first-order chi connectivity index (χ1) is 10.3. The molecule has 0 unspecified atom stereocenters. The van der Waals surface area contributed by atoms with Crippen LogP contribution in [-0.2, 0) is 10.0 Å². The number of rotatable bonds is 5. The van der Waals surface area contributed by atoms with Gasteiger partial charge in [-0.05, 0) is 49.4 Å². The first-order valence-corrected chi connectivity index (χ1v) is 8.72. The minimum atomic E-state index is -3.70. The predicted molar refractivity (Wildman–Crippen MR) is 89.7 cm³/mol. The molecule has 0 spiro atoms. The molecule has 2 aromatic carbocycles. The number of benzene rings is 2. The molecule has 2 rings (SSSR count). The van der Waals surface area contributed by atoms with E-state index in [-0.39, 0.29) is 4.90 Å². The van der Waals surface area contributed by atoms with Crippen LogP contribution in [-0.4, -0.2) is 22.1 Å². The highest BCUT2D eigenvalue weighted by atomic mass is 35.5. The molecule has 0 radical (unpaired) electrons. The van der Waals surface area contributed by atoms with Crippen LogP contribution in [0.2, 0.25) is 10.0 Å². The summed E-state index contributed by atoms with van der Waals surface area (Å²) in [7, 11) is -2.24. The number of ether oxygens (including phenoxy) is 1. The van der Waals surface area contributed by atoms with Crippen molar-refractivity contribution in [1.29, 1.82) is 0 Å². The summed E-state index contributed by atoms with van der Waals surface area (Å²) < 4.78 is 31.7. The second-order valence-electron chi connectivity index (χ2n) is 4.50. The van der Waals surface area contributed by atoms with Gasteiger partial charge in [-0.15, -0.1) is 0 Å². The summed E-state index contributed by atoms with van der Waals surface area (Å²) in [6, 6.07) is 10.9. The van der Waals surface area contributed by atoms with Crippen LogP contribution >= 0.6 is 23.2 Å². The fourth-order valence-corrected chi connectivity index (χ4v) is 3.59. The van der Waals surface area contributed by atoms with Gasteiger partial charge < -0.3 is 4.74 Å². The zero-order valence-corrected chi connectivity index (χ0v) is 14.4. The van der Waals surface area contributed by atoms with Crippen LogP contribution in [0.3, 0.4) is 0 Å². The lowest BCUT2D eigenvalue weighted by atomic mass is 10.3. The molecule has 0 saturated heterocycles. The zero-order valence-electron chi connectivity index (χ0n) is 12.1. The third kappa shape index (κ3) is 3.66. The van der Waals surface area contributed by atoms with E-state index in [9.17, 15) is 8.42 Å². The van der Waals surface area contributed by atoms with E-state index < -0.39 is 10.0 Å². The van der Waals surface area contributed by atoms with Crippen molar-refractivity contribution in [2.24, 2.45) is 0 Å². The van der Waals surface area contributed by atoms with Crippen molar-refractivity contribution < 1.29 is 13.2 Å². The third-order valence-electron chi connectivity index (χ3n) is 3.00. The number of nitrogens with zero attached hydrogens (tertiary/aromatic N) is 1. The molecule has 0 fully saturated rings. The Labute approximate surface area is 140 Å². The van der Waals surface area contributed by atoms with Gasteiger partial charge in [0.2, 0.25) is 0 Å². The van der Waals surface area contributed by atoms with Gasteiger partial charge in [0, 0.05) is 17.1 Å². The normalized spacial score (nSPS) is 11.3. The van der Waals surface area contributed by atoms with Gasteiger partial charge in [-0.2, -0.15) is 0 Å². The molecule has 0 aliphatic heterocycles. The van der Waals surface area contributed by atoms with E-state index in [1.54, 1.807) is 30.3 Å². The van der Waals surface area contributed by atoms with Crippen molar-refractivity contribution in [2.45, 2.75) is 11.8 Å². The average molecular weight is 360 g/mol. The molecule has 0 aliphatic rings. The lowest BCUT2D eigenvalue weighted by molar-refractivity contribution is 0.340. The topological polar surface area (TPSA) is 46.6 Å². The molecule has 0 heterocycles. The van der Waals surface area contributed by atoms with Crippen molar-refractivity contribution in [2.75, 3.05) is 18.0 Å². The van der Waals surface area contributed by atoms with Crippen LogP contribution in [0.25, 0.3) is 0 Å². The summed E-state index contributed by atoms with van der Waals surface area (Å²) in [6.07, 6.45) is 0. The number of anilines is 1. The van der Waals surface area contributed by atoms with Crippen molar-refractivity contribution >= 4 is 38.9 Å². The van der Waals surface area contributed by atoms with E-state index in [4.69, 9.17) is 27.9 Å². The highest BCUT2D eigenvalue weighted by molar-refractivity contribution is 7.92. The molecule has 0 aliphatic carbocycles. The van der Waals surface area contributed by atoms with Gasteiger partial charge in [0.1, 0.15) is 5.75 Å². The lowest BCUT2D eigenvalue weighted by Crippen LogP contribution is -2.26. The van der Waals surface area contributed by atoms with Gasteiger partial charge in [-0.25, -0.2) is 8.42 Å². The van der Waals surface area contributed by atoms with Crippen LogP contribution < -0.4 is 9.04 Å². The minimum Gasteiger partial charge on any atom is -0.494 e. The van der Waals surface area contributed by atoms with Crippen molar-refractivity contribution in [3.05, 3.63) is 52.5 Å². The molecule has 7 heteroatoms.